The maximum Gasteiger partial charge on any atom is 0.245 e. The summed E-state index contributed by atoms with van der Waals surface area (Å²) in [5.74, 6) is 0.591. The Kier molecular flexibility index (Phi) is 4.37. The van der Waals surface area contributed by atoms with Crippen LogP contribution in [0, 0.1) is 0 Å². The molecule has 0 aliphatic carbocycles. The van der Waals surface area contributed by atoms with Gasteiger partial charge in [-0.25, -0.2) is 4.68 Å². The number of fused-ring (bicyclic) bond motifs is 1. The van der Waals surface area contributed by atoms with Crippen molar-refractivity contribution < 1.29 is 14.3 Å². The number of nitrogens with one attached hydrogen (secondary N) is 2. The molecule has 2 unspecified atom stereocenters. The molecule has 120 valence electrons. The predicted molar refractivity (Wildman–Crippen MR) is 78.3 cm³/mol. The molecule has 2 atom stereocenters. The zero-order valence-electron chi connectivity index (χ0n) is 12.7. The van der Waals surface area contributed by atoms with Gasteiger partial charge in [-0.05, 0) is 19.3 Å². The Hall–Kier alpha value is -1.96. The van der Waals surface area contributed by atoms with Gasteiger partial charge in [0.05, 0.1) is 12.5 Å². The number of hydrogen-bond donors (Lipinski definition) is 2. The smallest absolute Gasteiger partial charge is 0.245 e. The van der Waals surface area contributed by atoms with Crippen LogP contribution in [0.25, 0.3) is 0 Å². The molecule has 1 aromatic rings. The molecule has 0 radical (unpaired) electrons. The van der Waals surface area contributed by atoms with Crippen molar-refractivity contribution in [1.29, 1.82) is 0 Å². The van der Waals surface area contributed by atoms with Crippen LogP contribution in [0.2, 0.25) is 0 Å². The Balaban J connectivity index is 1.69. The first-order valence-electron chi connectivity index (χ1n) is 7.82. The van der Waals surface area contributed by atoms with Gasteiger partial charge in [-0.2, -0.15) is 10.1 Å². The molecule has 22 heavy (non-hydrogen) atoms. The molecule has 8 nitrogen and oxygen atoms in total. The van der Waals surface area contributed by atoms with Gasteiger partial charge in [-0.3, -0.25) is 14.9 Å². The monoisotopic (exact) mass is 307 g/mol. The van der Waals surface area contributed by atoms with Crippen molar-refractivity contribution in [2.24, 2.45) is 0 Å². The van der Waals surface area contributed by atoms with Crippen LogP contribution in [-0.2, 0) is 20.7 Å². The van der Waals surface area contributed by atoms with E-state index >= 15 is 0 Å². The second-order valence-electron chi connectivity index (χ2n) is 5.69. The summed E-state index contributed by atoms with van der Waals surface area (Å²) in [6, 6.07) is -0.636. The van der Waals surface area contributed by atoms with E-state index in [0.29, 0.717) is 18.3 Å². The highest BCUT2D eigenvalue weighted by atomic mass is 16.5. The van der Waals surface area contributed by atoms with E-state index in [0.717, 1.165) is 32.3 Å². The molecule has 2 aliphatic heterocycles. The molecule has 1 saturated heterocycles. The van der Waals surface area contributed by atoms with Gasteiger partial charge in [-0.15, -0.1) is 0 Å². The third-order valence-corrected chi connectivity index (χ3v) is 3.90. The third kappa shape index (κ3) is 3.11. The fourth-order valence-corrected chi connectivity index (χ4v) is 2.78. The van der Waals surface area contributed by atoms with Gasteiger partial charge in [0.1, 0.15) is 6.04 Å². The lowest BCUT2D eigenvalue weighted by atomic mass is 10.1. The molecule has 2 amide bonds. The summed E-state index contributed by atoms with van der Waals surface area (Å²) in [5.41, 5.74) is 0. The second kappa shape index (κ2) is 6.43. The standard InChI is InChI=1S/C14H21N5O3/c1-2-4-11-16-14-17-12(20)7-10(19(14)18-11)13(21)15-8-9-5-3-6-22-9/h9-10H,2-8H2,1H3,(H,15,21)(H,16,17,18,20). The number of carbonyl (C=O) groups is 2. The van der Waals surface area contributed by atoms with Gasteiger partial charge < -0.3 is 10.1 Å². The van der Waals surface area contributed by atoms with E-state index < -0.39 is 6.04 Å². The Labute approximate surface area is 128 Å². The molecular formula is C14H21N5O3. The van der Waals surface area contributed by atoms with Crippen molar-refractivity contribution >= 4 is 17.8 Å². The van der Waals surface area contributed by atoms with Crippen LogP contribution in [0.3, 0.4) is 0 Å². The Morgan fingerprint density at radius 3 is 3.14 bits per heavy atom. The Morgan fingerprint density at radius 1 is 1.55 bits per heavy atom. The molecule has 3 heterocycles. The SMILES string of the molecule is CCCc1nc2n(n1)C(C(=O)NCC1CCCO1)CC(=O)N2. The average molecular weight is 307 g/mol. The molecule has 1 fully saturated rings. The lowest BCUT2D eigenvalue weighted by Gasteiger charge is -2.23. The zero-order valence-corrected chi connectivity index (χ0v) is 12.7. The minimum Gasteiger partial charge on any atom is -0.376 e. The van der Waals surface area contributed by atoms with E-state index in [2.05, 4.69) is 20.7 Å². The van der Waals surface area contributed by atoms with Crippen LogP contribution in [0.1, 0.15) is 44.5 Å². The van der Waals surface area contributed by atoms with E-state index in [1.807, 2.05) is 6.92 Å². The number of ether oxygens (including phenoxy) is 1. The maximum atomic E-state index is 12.4. The molecule has 0 bridgehead atoms. The van der Waals surface area contributed by atoms with Gasteiger partial charge in [0.25, 0.3) is 0 Å². The summed E-state index contributed by atoms with van der Waals surface area (Å²) in [6.45, 7) is 3.26. The minimum atomic E-state index is -0.636. The van der Waals surface area contributed by atoms with Crippen molar-refractivity contribution in [1.82, 2.24) is 20.1 Å². The lowest BCUT2D eigenvalue weighted by Crippen LogP contribution is -2.41. The van der Waals surface area contributed by atoms with Gasteiger partial charge in [-0.1, -0.05) is 6.92 Å². The molecule has 0 spiro atoms. The number of carbonyl (C=O) groups excluding carboxylic acids is 2. The number of hydrogen-bond acceptors (Lipinski definition) is 5. The molecule has 1 aromatic heterocycles. The van der Waals surface area contributed by atoms with Crippen LogP contribution in [-0.4, -0.2) is 45.8 Å². The fourth-order valence-electron chi connectivity index (χ4n) is 2.78. The van der Waals surface area contributed by atoms with Gasteiger partial charge in [0.15, 0.2) is 5.82 Å². The van der Waals surface area contributed by atoms with Crippen molar-refractivity contribution in [2.75, 3.05) is 18.5 Å². The summed E-state index contributed by atoms with van der Waals surface area (Å²) in [6.07, 6.45) is 3.78. The van der Waals surface area contributed by atoms with Crippen LogP contribution in [0.4, 0.5) is 5.95 Å². The van der Waals surface area contributed by atoms with Crippen LogP contribution < -0.4 is 10.6 Å². The first kappa shape index (κ1) is 15.0. The molecule has 0 saturated carbocycles. The largest absolute Gasteiger partial charge is 0.376 e. The number of amides is 2. The number of aryl methyl sites for hydroxylation is 1. The van der Waals surface area contributed by atoms with E-state index in [-0.39, 0.29) is 24.3 Å². The van der Waals surface area contributed by atoms with E-state index in [1.165, 1.54) is 4.68 Å². The molecule has 8 heteroatoms. The average Bonchev–Trinajstić information content (AvgIpc) is 3.13. The lowest BCUT2D eigenvalue weighted by molar-refractivity contribution is -0.129. The summed E-state index contributed by atoms with van der Waals surface area (Å²) < 4.78 is 7.01. The molecule has 3 rings (SSSR count). The number of aromatic nitrogens is 3. The Morgan fingerprint density at radius 2 is 2.41 bits per heavy atom. The van der Waals surface area contributed by atoms with Gasteiger partial charge in [0, 0.05) is 19.6 Å². The van der Waals surface area contributed by atoms with Crippen LogP contribution in [0.15, 0.2) is 0 Å². The van der Waals surface area contributed by atoms with Crippen molar-refractivity contribution in [3.63, 3.8) is 0 Å². The summed E-state index contributed by atoms with van der Waals surface area (Å²) >= 11 is 0. The first-order chi connectivity index (χ1) is 10.7. The molecule has 2 aliphatic rings. The minimum absolute atomic E-state index is 0.0761. The Bertz CT molecular complexity index is 565. The van der Waals surface area contributed by atoms with Crippen molar-refractivity contribution in [2.45, 2.75) is 51.2 Å². The maximum absolute atomic E-state index is 12.4. The fraction of sp³-hybridized carbons (Fsp3) is 0.714. The van der Waals surface area contributed by atoms with E-state index in [4.69, 9.17) is 4.74 Å². The summed E-state index contributed by atoms with van der Waals surface area (Å²) in [5, 5.41) is 9.89. The quantitative estimate of drug-likeness (QED) is 0.821. The van der Waals surface area contributed by atoms with Crippen LogP contribution in [0.5, 0.6) is 0 Å². The van der Waals surface area contributed by atoms with Gasteiger partial charge >= 0.3 is 0 Å². The highest BCUT2D eigenvalue weighted by Gasteiger charge is 2.33. The molecule has 2 N–H and O–H groups in total. The summed E-state index contributed by atoms with van der Waals surface area (Å²) in [4.78, 5) is 28.4. The van der Waals surface area contributed by atoms with Crippen molar-refractivity contribution in [3.8, 4) is 0 Å². The van der Waals surface area contributed by atoms with E-state index in [9.17, 15) is 9.59 Å². The van der Waals surface area contributed by atoms with Gasteiger partial charge in [0.2, 0.25) is 17.8 Å². The van der Waals surface area contributed by atoms with Crippen molar-refractivity contribution in [3.05, 3.63) is 5.82 Å². The summed E-state index contributed by atoms with van der Waals surface area (Å²) in [7, 11) is 0. The predicted octanol–water partition coefficient (Wildman–Crippen LogP) is 0.409. The second-order valence-corrected chi connectivity index (χ2v) is 5.69. The molecule has 0 aromatic carbocycles. The highest BCUT2D eigenvalue weighted by Crippen LogP contribution is 2.23. The molecular weight excluding hydrogens is 286 g/mol. The highest BCUT2D eigenvalue weighted by molar-refractivity contribution is 5.96. The third-order valence-electron chi connectivity index (χ3n) is 3.90. The zero-order chi connectivity index (χ0) is 15.5. The number of nitrogens with zero attached hydrogens (tertiary/aromatic N) is 3. The number of anilines is 1. The normalized spacial score (nSPS) is 24.0. The number of rotatable bonds is 5. The topological polar surface area (TPSA) is 98.1 Å². The van der Waals surface area contributed by atoms with Crippen LogP contribution >= 0.6 is 0 Å². The first-order valence-corrected chi connectivity index (χ1v) is 7.82. The van der Waals surface area contributed by atoms with E-state index in [1.54, 1.807) is 0 Å².